The summed E-state index contributed by atoms with van der Waals surface area (Å²) >= 11 is 1.62. The number of nitrogens with one attached hydrogen (secondary N) is 1. The maximum absolute atomic E-state index is 12.2. The van der Waals surface area contributed by atoms with Crippen LogP contribution in [0.15, 0.2) is 41.4 Å². The van der Waals surface area contributed by atoms with E-state index in [1.807, 2.05) is 12.3 Å². The van der Waals surface area contributed by atoms with Gasteiger partial charge in [0, 0.05) is 30.7 Å². The van der Waals surface area contributed by atoms with E-state index in [0.717, 1.165) is 24.5 Å². The molecule has 0 saturated carbocycles. The molecule has 0 atom stereocenters. The average molecular weight is 368 g/mol. The van der Waals surface area contributed by atoms with Crippen LogP contribution in [0.1, 0.15) is 36.0 Å². The molecule has 0 unspecified atom stereocenters. The second kappa shape index (κ2) is 8.12. The van der Waals surface area contributed by atoms with Crippen molar-refractivity contribution in [1.29, 1.82) is 0 Å². The number of amides is 1. The molecule has 26 heavy (non-hydrogen) atoms. The molecule has 5 heteroatoms. The number of carbonyl (C=O) groups is 1. The minimum atomic E-state index is 0.0787. The molecule has 4 rings (SSSR count). The lowest BCUT2D eigenvalue weighted by Gasteiger charge is -2.17. The molecule has 2 aliphatic rings. The summed E-state index contributed by atoms with van der Waals surface area (Å²) in [6.07, 6.45) is 7.96. The number of pyridine rings is 1. The third-order valence-corrected chi connectivity index (χ3v) is 6.16. The first-order valence-corrected chi connectivity index (χ1v) is 10.5. The summed E-state index contributed by atoms with van der Waals surface area (Å²) in [6, 6.07) is 10.7. The van der Waals surface area contributed by atoms with Crippen LogP contribution >= 0.6 is 11.8 Å². The van der Waals surface area contributed by atoms with Gasteiger partial charge in [-0.25, -0.2) is 4.98 Å². The number of hydrogen-bond donors (Lipinski definition) is 1. The number of hydrogen-bond acceptors (Lipinski definition) is 4. The van der Waals surface area contributed by atoms with Gasteiger partial charge in [0.05, 0.1) is 5.75 Å². The Morgan fingerprint density at radius 1 is 1.08 bits per heavy atom. The first-order valence-electron chi connectivity index (χ1n) is 9.49. The van der Waals surface area contributed by atoms with E-state index in [9.17, 15) is 4.79 Å². The SMILES string of the molecule is O=C(CSc1ccc2c(c1)CCC2)NCc1ccnc(N2CCCC2)c1. The number of rotatable bonds is 6. The van der Waals surface area contributed by atoms with E-state index in [2.05, 4.69) is 39.5 Å². The summed E-state index contributed by atoms with van der Waals surface area (Å²) in [5.41, 5.74) is 4.05. The molecule has 136 valence electrons. The van der Waals surface area contributed by atoms with Crippen LogP contribution in [0.2, 0.25) is 0 Å². The Bertz CT molecular complexity index is 787. The molecule has 1 fully saturated rings. The highest BCUT2D eigenvalue weighted by molar-refractivity contribution is 8.00. The van der Waals surface area contributed by atoms with Crippen LogP contribution in [0, 0.1) is 0 Å². The number of nitrogens with zero attached hydrogens (tertiary/aromatic N) is 2. The molecule has 0 bridgehead atoms. The lowest BCUT2D eigenvalue weighted by molar-refractivity contribution is -0.118. The van der Waals surface area contributed by atoms with E-state index in [0.29, 0.717) is 12.3 Å². The van der Waals surface area contributed by atoms with Crippen molar-refractivity contribution in [3.05, 3.63) is 53.2 Å². The maximum atomic E-state index is 12.2. The van der Waals surface area contributed by atoms with E-state index < -0.39 is 0 Å². The first kappa shape index (κ1) is 17.4. The van der Waals surface area contributed by atoms with Gasteiger partial charge in [-0.3, -0.25) is 4.79 Å². The summed E-state index contributed by atoms with van der Waals surface area (Å²) in [5, 5.41) is 3.03. The van der Waals surface area contributed by atoms with Crippen molar-refractivity contribution in [3.8, 4) is 0 Å². The molecule has 4 nitrogen and oxygen atoms in total. The third-order valence-electron chi connectivity index (χ3n) is 5.17. The number of aromatic nitrogens is 1. The van der Waals surface area contributed by atoms with Gasteiger partial charge in [0.1, 0.15) is 5.82 Å². The van der Waals surface area contributed by atoms with Crippen molar-refractivity contribution in [2.75, 3.05) is 23.7 Å². The number of carbonyl (C=O) groups excluding carboxylic acids is 1. The van der Waals surface area contributed by atoms with Crippen LogP contribution in [-0.2, 0) is 24.2 Å². The summed E-state index contributed by atoms with van der Waals surface area (Å²) in [6.45, 7) is 2.73. The summed E-state index contributed by atoms with van der Waals surface area (Å²) in [5.74, 6) is 1.57. The van der Waals surface area contributed by atoms with E-state index in [-0.39, 0.29) is 5.91 Å². The minimum absolute atomic E-state index is 0.0787. The quantitative estimate of drug-likeness (QED) is 0.793. The number of anilines is 1. The van der Waals surface area contributed by atoms with Gasteiger partial charge in [-0.05, 0) is 73.1 Å². The third kappa shape index (κ3) is 4.21. The topological polar surface area (TPSA) is 45.2 Å². The number of thioether (sulfide) groups is 1. The Hall–Kier alpha value is -2.01. The van der Waals surface area contributed by atoms with E-state index >= 15 is 0 Å². The molecule has 0 spiro atoms. The molecular weight excluding hydrogens is 342 g/mol. The predicted molar refractivity (Wildman–Crippen MR) is 107 cm³/mol. The summed E-state index contributed by atoms with van der Waals surface area (Å²) in [7, 11) is 0. The zero-order valence-corrected chi connectivity index (χ0v) is 15.9. The fourth-order valence-corrected chi connectivity index (χ4v) is 4.52. The van der Waals surface area contributed by atoms with Crippen molar-refractivity contribution >= 4 is 23.5 Å². The Morgan fingerprint density at radius 3 is 2.81 bits per heavy atom. The van der Waals surface area contributed by atoms with Crippen molar-refractivity contribution in [3.63, 3.8) is 0 Å². The molecule has 2 aromatic rings. The van der Waals surface area contributed by atoms with Gasteiger partial charge in [0.15, 0.2) is 0 Å². The van der Waals surface area contributed by atoms with Gasteiger partial charge < -0.3 is 10.2 Å². The zero-order valence-electron chi connectivity index (χ0n) is 15.0. The highest BCUT2D eigenvalue weighted by atomic mass is 32.2. The molecule has 1 N–H and O–H groups in total. The second-order valence-corrected chi connectivity index (χ2v) is 8.11. The van der Waals surface area contributed by atoms with Gasteiger partial charge in [0.2, 0.25) is 5.91 Å². The minimum Gasteiger partial charge on any atom is -0.357 e. The Balaban J connectivity index is 1.27. The Kier molecular flexibility index (Phi) is 5.44. The molecule has 1 amide bonds. The van der Waals surface area contributed by atoms with Crippen molar-refractivity contribution < 1.29 is 4.79 Å². The lowest BCUT2D eigenvalue weighted by atomic mass is 10.1. The van der Waals surface area contributed by atoms with Gasteiger partial charge in [-0.2, -0.15) is 0 Å². The first-order chi connectivity index (χ1) is 12.8. The molecule has 1 aliphatic carbocycles. The standard InChI is InChI=1S/C21H25N3OS/c25-21(15-26-19-7-6-17-4-3-5-18(17)13-19)23-14-16-8-9-22-20(12-16)24-10-1-2-11-24/h6-9,12-13H,1-5,10-11,14-15H2,(H,23,25). The number of fused-ring (bicyclic) bond motifs is 1. The summed E-state index contributed by atoms with van der Waals surface area (Å²) < 4.78 is 0. The maximum Gasteiger partial charge on any atom is 0.230 e. The smallest absolute Gasteiger partial charge is 0.230 e. The van der Waals surface area contributed by atoms with Crippen LogP contribution in [0.4, 0.5) is 5.82 Å². The lowest BCUT2D eigenvalue weighted by Crippen LogP contribution is -2.25. The summed E-state index contributed by atoms with van der Waals surface area (Å²) in [4.78, 5) is 20.2. The highest BCUT2D eigenvalue weighted by Crippen LogP contribution is 2.27. The zero-order chi connectivity index (χ0) is 17.8. The molecule has 1 aromatic heterocycles. The van der Waals surface area contributed by atoms with E-state index in [4.69, 9.17) is 0 Å². The molecular formula is C21H25N3OS. The molecule has 1 aliphatic heterocycles. The van der Waals surface area contributed by atoms with E-state index in [1.165, 1.54) is 48.1 Å². The van der Waals surface area contributed by atoms with Crippen molar-refractivity contribution in [1.82, 2.24) is 10.3 Å². The van der Waals surface area contributed by atoms with Gasteiger partial charge in [0.25, 0.3) is 0 Å². The monoisotopic (exact) mass is 367 g/mol. The number of benzene rings is 1. The van der Waals surface area contributed by atoms with Gasteiger partial charge >= 0.3 is 0 Å². The van der Waals surface area contributed by atoms with Crippen molar-refractivity contribution in [2.45, 2.75) is 43.5 Å². The number of aryl methyl sites for hydroxylation is 2. The Labute approximate surface area is 159 Å². The van der Waals surface area contributed by atoms with Crippen LogP contribution in [0.5, 0.6) is 0 Å². The molecule has 2 heterocycles. The fourth-order valence-electron chi connectivity index (χ4n) is 3.73. The average Bonchev–Trinajstić information content (AvgIpc) is 3.36. The highest BCUT2D eigenvalue weighted by Gasteiger charge is 2.14. The fraction of sp³-hybridized carbons (Fsp3) is 0.429. The van der Waals surface area contributed by atoms with E-state index in [1.54, 1.807) is 11.8 Å². The Morgan fingerprint density at radius 2 is 1.92 bits per heavy atom. The molecule has 0 radical (unpaired) electrons. The predicted octanol–water partition coefficient (Wildman–Crippen LogP) is 3.58. The molecule has 1 aromatic carbocycles. The van der Waals surface area contributed by atoms with Crippen LogP contribution in [-0.4, -0.2) is 29.7 Å². The normalized spacial score (nSPS) is 15.9. The van der Waals surface area contributed by atoms with Crippen LogP contribution in [0.3, 0.4) is 0 Å². The van der Waals surface area contributed by atoms with Crippen molar-refractivity contribution in [2.24, 2.45) is 0 Å². The molecule has 1 saturated heterocycles. The largest absolute Gasteiger partial charge is 0.357 e. The van der Waals surface area contributed by atoms with Gasteiger partial charge in [-0.1, -0.05) is 6.07 Å². The van der Waals surface area contributed by atoms with Crippen LogP contribution in [0.25, 0.3) is 0 Å². The van der Waals surface area contributed by atoms with Crippen LogP contribution < -0.4 is 10.2 Å². The second-order valence-electron chi connectivity index (χ2n) is 7.07. The van der Waals surface area contributed by atoms with Gasteiger partial charge in [-0.15, -0.1) is 11.8 Å².